The van der Waals surface area contributed by atoms with Gasteiger partial charge in [0.05, 0.1) is 23.8 Å². The summed E-state index contributed by atoms with van der Waals surface area (Å²) < 4.78 is 7.61. The maximum atomic E-state index is 10.4. The summed E-state index contributed by atoms with van der Waals surface area (Å²) >= 11 is 0. The first-order valence-corrected chi connectivity index (χ1v) is 9.21. The second-order valence-corrected chi connectivity index (χ2v) is 7.16. The van der Waals surface area contributed by atoms with Gasteiger partial charge in [0.25, 0.3) is 0 Å². The van der Waals surface area contributed by atoms with E-state index in [-0.39, 0.29) is 11.9 Å². The van der Waals surface area contributed by atoms with Gasteiger partial charge in [-0.05, 0) is 43.9 Å². The summed E-state index contributed by atoms with van der Waals surface area (Å²) in [5.41, 5.74) is 1.93. The van der Waals surface area contributed by atoms with Gasteiger partial charge in [0, 0.05) is 29.8 Å². The average Bonchev–Trinajstić information content (AvgIpc) is 3.32. The zero-order chi connectivity index (χ0) is 18.2. The summed E-state index contributed by atoms with van der Waals surface area (Å²) in [7, 11) is 0. The van der Waals surface area contributed by atoms with Crippen LogP contribution in [0.1, 0.15) is 25.7 Å². The molecule has 0 spiro atoms. The van der Waals surface area contributed by atoms with Gasteiger partial charge in [-0.2, -0.15) is 0 Å². The Morgan fingerprint density at radius 3 is 2.59 bits per heavy atom. The molecule has 2 aliphatic heterocycles. The Bertz CT molecular complexity index is 916. The van der Waals surface area contributed by atoms with Gasteiger partial charge in [-0.3, -0.25) is 0 Å². The Hall–Kier alpha value is -3.00. The molecule has 3 aromatic rings. The molecule has 0 radical (unpaired) electrons. The van der Waals surface area contributed by atoms with E-state index in [9.17, 15) is 5.11 Å². The van der Waals surface area contributed by atoms with E-state index in [2.05, 4.69) is 25.8 Å². The van der Waals surface area contributed by atoms with Crippen LogP contribution in [-0.2, 0) is 0 Å². The monoisotopic (exact) mass is 364 g/mol. The Labute approximate surface area is 156 Å². The molecular formula is C19H20N6O2. The van der Waals surface area contributed by atoms with Crippen molar-refractivity contribution in [1.82, 2.24) is 30.5 Å². The summed E-state index contributed by atoms with van der Waals surface area (Å²) in [6, 6.07) is 10.0. The molecule has 0 aliphatic carbocycles. The van der Waals surface area contributed by atoms with Crippen LogP contribution in [0.4, 0.5) is 0 Å². The van der Waals surface area contributed by atoms with Crippen molar-refractivity contribution in [2.75, 3.05) is 0 Å². The quantitative estimate of drug-likeness (QED) is 0.731. The second kappa shape index (κ2) is 6.62. The van der Waals surface area contributed by atoms with Crippen LogP contribution in [0, 0.1) is 0 Å². The number of benzene rings is 1. The molecule has 8 nitrogen and oxygen atoms in total. The van der Waals surface area contributed by atoms with Crippen LogP contribution >= 0.6 is 0 Å². The van der Waals surface area contributed by atoms with E-state index in [0.29, 0.717) is 29.2 Å². The number of hydrogen-bond donors (Lipinski definition) is 2. The molecule has 138 valence electrons. The van der Waals surface area contributed by atoms with Crippen molar-refractivity contribution in [2.24, 2.45) is 0 Å². The van der Waals surface area contributed by atoms with Crippen molar-refractivity contribution in [1.29, 1.82) is 0 Å². The van der Waals surface area contributed by atoms with E-state index in [1.165, 1.54) is 12.8 Å². The first kappa shape index (κ1) is 16.2. The van der Waals surface area contributed by atoms with E-state index in [1.807, 2.05) is 18.2 Å². The smallest absolute Gasteiger partial charge is 0.233 e. The van der Waals surface area contributed by atoms with Gasteiger partial charge in [0.2, 0.25) is 5.88 Å². The van der Waals surface area contributed by atoms with Crippen molar-refractivity contribution < 1.29 is 9.84 Å². The number of nitrogens with zero attached hydrogens (tertiary/aromatic N) is 5. The molecular weight excluding hydrogens is 344 g/mol. The first-order valence-electron chi connectivity index (χ1n) is 9.21. The SMILES string of the molecule is Oc1cc(-n2ccnn2)ccc1-c1ccc(OC2C[C@H]3CC[C@@H](C2)N3)nn1. The molecule has 0 amide bonds. The van der Waals surface area contributed by atoms with Gasteiger partial charge >= 0.3 is 0 Å². The summed E-state index contributed by atoms with van der Waals surface area (Å²) in [5, 5.41) is 30.1. The maximum Gasteiger partial charge on any atom is 0.233 e. The van der Waals surface area contributed by atoms with Gasteiger partial charge in [-0.1, -0.05) is 5.21 Å². The minimum atomic E-state index is 0.112. The molecule has 0 saturated carbocycles. The zero-order valence-electron chi connectivity index (χ0n) is 14.7. The molecule has 8 heteroatoms. The molecule has 2 N–H and O–H groups in total. The average molecular weight is 364 g/mol. The molecule has 2 fully saturated rings. The second-order valence-electron chi connectivity index (χ2n) is 7.16. The van der Waals surface area contributed by atoms with E-state index in [4.69, 9.17) is 4.74 Å². The normalized spacial score (nSPS) is 24.1. The van der Waals surface area contributed by atoms with E-state index in [1.54, 1.807) is 29.2 Å². The summed E-state index contributed by atoms with van der Waals surface area (Å²) in [6.45, 7) is 0. The standard InChI is InChI=1S/C19H20N6O2/c26-18-11-14(25-8-7-20-24-25)3-4-16(18)17-5-6-19(23-22-17)27-15-9-12-1-2-13(10-15)21-12/h3-8,11-13,15,21,26H,1-2,9-10H2/t12-,13+,15?. The number of aromatic hydroxyl groups is 1. The van der Waals surface area contributed by atoms with Crippen LogP contribution in [0.25, 0.3) is 16.9 Å². The minimum Gasteiger partial charge on any atom is -0.507 e. The van der Waals surface area contributed by atoms with Gasteiger partial charge < -0.3 is 15.2 Å². The van der Waals surface area contributed by atoms with Crippen molar-refractivity contribution in [3.05, 3.63) is 42.7 Å². The highest BCUT2D eigenvalue weighted by atomic mass is 16.5. The van der Waals surface area contributed by atoms with E-state index >= 15 is 0 Å². The van der Waals surface area contributed by atoms with Crippen LogP contribution < -0.4 is 10.1 Å². The number of phenols is 1. The third-order valence-electron chi connectivity index (χ3n) is 5.30. The fraction of sp³-hybridized carbons (Fsp3) is 0.368. The Kier molecular flexibility index (Phi) is 3.97. The van der Waals surface area contributed by atoms with Gasteiger partial charge in [0.1, 0.15) is 11.9 Å². The molecule has 2 aliphatic rings. The van der Waals surface area contributed by atoms with Crippen molar-refractivity contribution in [3.63, 3.8) is 0 Å². The van der Waals surface area contributed by atoms with Crippen LogP contribution in [0.15, 0.2) is 42.7 Å². The molecule has 4 heterocycles. The molecule has 2 bridgehead atoms. The highest BCUT2D eigenvalue weighted by Gasteiger charge is 2.34. The van der Waals surface area contributed by atoms with Crippen molar-refractivity contribution in [2.45, 2.75) is 43.9 Å². The number of piperidine rings is 1. The Balaban J connectivity index is 1.31. The van der Waals surface area contributed by atoms with Gasteiger partial charge in [0.15, 0.2) is 0 Å². The molecule has 2 saturated heterocycles. The maximum absolute atomic E-state index is 10.4. The number of phenolic OH excluding ortho intramolecular Hbond substituents is 1. The van der Waals surface area contributed by atoms with Crippen LogP contribution in [0.2, 0.25) is 0 Å². The Morgan fingerprint density at radius 1 is 1.07 bits per heavy atom. The predicted molar refractivity (Wildman–Crippen MR) is 97.6 cm³/mol. The fourth-order valence-corrected chi connectivity index (χ4v) is 4.02. The molecule has 1 unspecified atom stereocenters. The largest absolute Gasteiger partial charge is 0.507 e. The van der Waals surface area contributed by atoms with Crippen LogP contribution in [0.5, 0.6) is 11.6 Å². The summed E-state index contributed by atoms with van der Waals surface area (Å²) in [4.78, 5) is 0. The van der Waals surface area contributed by atoms with E-state index in [0.717, 1.165) is 18.5 Å². The van der Waals surface area contributed by atoms with E-state index < -0.39 is 0 Å². The molecule has 5 rings (SSSR count). The fourth-order valence-electron chi connectivity index (χ4n) is 4.02. The first-order chi connectivity index (χ1) is 13.2. The summed E-state index contributed by atoms with van der Waals surface area (Å²) in [6.07, 6.45) is 8.00. The molecule has 1 aromatic carbocycles. The lowest BCUT2D eigenvalue weighted by molar-refractivity contribution is 0.130. The van der Waals surface area contributed by atoms with Crippen LogP contribution in [-0.4, -0.2) is 48.5 Å². The number of nitrogens with one attached hydrogen (secondary N) is 1. The molecule has 27 heavy (non-hydrogen) atoms. The number of hydrogen-bond acceptors (Lipinski definition) is 7. The topological polar surface area (TPSA) is 98.0 Å². The lowest BCUT2D eigenvalue weighted by Crippen LogP contribution is -2.42. The summed E-state index contributed by atoms with van der Waals surface area (Å²) in [5.74, 6) is 0.643. The van der Waals surface area contributed by atoms with Gasteiger partial charge in [-0.25, -0.2) is 4.68 Å². The number of rotatable bonds is 4. The zero-order valence-corrected chi connectivity index (χ0v) is 14.7. The van der Waals surface area contributed by atoms with Crippen molar-refractivity contribution >= 4 is 0 Å². The number of ether oxygens (including phenoxy) is 1. The predicted octanol–water partition coefficient (Wildman–Crippen LogP) is 2.09. The van der Waals surface area contributed by atoms with Crippen LogP contribution in [0.3, 0.4) is 0 Å². The number of fused-ring (bicyclic) bond motifs is 2. The lowest BCUT2D eigenvalue weighted by Gasteiger charge is -2.28. The Morgan fingerprint density at radius 2 is 1.93 bits per heavy atom. The highest BCUT2D eigenvalue weighted by molar-refractivity contribution is 5.68. The number of aromatic nitrogens is 5. The third kappa shape index (κ3) is 3.23. The molecule has 3 atom stereocenters. The highest BCUT2D eigenvalue weighted by Crippen LogP contribution is 2.31. The van der Waals surface area contributed by atoms with Gasteiger partial charge in [-0.15, -0.1) is 15.3 Å². The third-order valence-corrected chi connectivity index (χ3v) is 5.30. The lowest BCUT2D eigenvalue weighted by atomic mass is 10.0. The molecule has 2 aromatic heterocycles. The van der Waals surface area contributed by atoms with Crippen molar-refractivity contribution in [3.8, 4) is 28.6 Å². The minimum absolute atomic E-state index is 0.112.